The minimum Gasteiger partial charge on any atom is 1.00 e. The average Bonchev–Trinajstić information content (AvgIpc) is 1.27. The molecule has 0 aliphatic carbocycles. The first-order chi connectivity index (χ1) is 3.41. The normalized spacial score (nSPS) is 7.60. The molecule has 0 aromatic heterocycles. The Bertz CT molecular complexity index is 112. The topological polar surface area (TPSA) is 100 Å². The fraction of sp³-hybridized carbons (Fsp3) is 1.00. The fourth-order valence-corrected chi connectivity index (χ4v) is 0. The molecular formula is C2H6Na2O5Se. The van der Waals surface area contributed by atoms with E-state index < -0.39 is 13.4 Å². The van der Waals surface area contributed by atoms with Crippen molar-refractivity contribution in [3.63, 3.8) is 0 Å². The molecule has 8 heteroatoms. The maximum atomic E-state index is 8.59. The summed E-state index contributed by atoms with van der Waals surface area (Å²) in [4.78, 5) is 0. The SMILES string of the molecule is CCO.O=[Se](=O)([O-])[O-].[Na+].[Na+]. The Labute approximate surface area is 106 Å². The molecule has 0 unspecified atom stereocenters. The van der Waals surface area contributed by atoms with Crippen molar-refractivity contribution < 1.29 is 80.3 Å². The van der Waals surface area contributed by atoms with Crippen LogP contribution in [-0.2, 0) is 7.67 Å². The molecule has 10 heavy (non-hydrogen) atoms. The largest absolute Gasteiger partial charge is 1.00 e. The zero-order valence-corrected chi connectivity index (χ0v) is 11.9. The summed E-state index contributed by atoms with van der Waals surface area (Å²) in [6.07, 6.45) is 0. The standard InChI is InChI=1S/C2H6O.2Na.H2O4Se/c1-2-3;;;1-5(2,3)4/h3H,2H2,1H3;;;(H2,1,2,3,4)/q;2*+1;/p-2. The van der Waals surface area contributed by atoms with Crippen molar-refractivity contribution in [3.8, 4) is 0 Å². The molecule has 0 rings (SSSR count). The van der Waals surface area contributed by atoms with Crippen LogP contribution in [0.2, 0.25) is 0 Å². The van der Waals surface area contributed by atoms with Gasteiger partial charge in [-0.15, -0.1) is 0 Å². The van der Waals surface area contributed by atoms with Gasteiger partial charge in [0, 0.05) is 6.61 Å². The van der Waals surface area contributed by atoms with Gasteiger partial charge in [-0.05, 0) is 6.92 Å². The third kappa shape index (κ3) is 203. The van der Waals surface area contributed by atoms with E-state index in [1.54, 1.807) is 6.92 Å². The number of aliphatic hydroxyl groups excluding tert-OH is 1. The summed E-state index contributed by atoms with van der Waals surface area (Å²) in [5.41, 5.74) is 0. The van der Waals surface area contributed by atoms with E-state index >= 15 is 0 Å². The van der Waals surface area contributed by atoms with Gasteiger partial charge in [0.2, 0.25) is 0 Å². The predicted octanol–water partition coefficient (Wildman–Crippen LogP) is -8.99. The zero-order valence-electron chi connectivity index (χ0n) is 6.20. The summed E-state index contributed by atoms with van der Waals surface area (Å²) in [5.74, 6) is 0. The van der Waals surface area contributed by atoms with Gasteiger partial charge in [-0.25, -0.2) is 0 Å². The summed E-state index contributed by atoms with van der Waals surface area (Å²) in [6.45, 7) is 1.93. The molecule has 0 spiro atoms. The Kier molecular flexibility index (Phi) is 30.8. The predicted molar refractivity (Wildman–Crippen MR) is 19.9 cm³/mol. The van der Waals surface area contributed by atoms with Crippen LogP contribution in [0, 0.1) is 0 Å². The number of hydrogen-bond donors (Lipinski definition) is 1. The molecule has 0 bridgehead atoms. The zero-order chi connectivity index (χ0) is 7.21. The molecule has 5 nitrogen and oxygen atoms in total. The van der Waals surface area contributed by atoms with Crippen LogP contribution in [0.15, 0.2) is 0 Å². The van der Waals surface area contributed by atoms with Crippen molar-refractivity contribution in [2.24, 2.45) is 0 Å². The molecule has 0 heterocycles. The molecule has 52 valence electrons. The third-order valence-corrected chi connectivity index (χ3v) is 0. The van der Waals surface area contributed by atoms with E-state index in [4.69, 9.17) is 21.2 Å². The van der Waals surface area contributed by atoms with Gasteiger partial charge < -0.3 is 5.11 Å². The first-order valence-electron chi connectivity index (χ1n) is 1.69. The molecule has 0 atom stereocenters. The van der Waals surface area contributed by atoms with E-state index in [1.807, 2.05) is 0 Å². The van der Waals surface area contributed by atoms with Crippen LogP contribution in [-0.4, -0.2) is 25.1 Å². The van der Waals surface area contributed by atoms with Gasteiger partial charge in [0.1, 0.15) is 0 Å². The van der Waals surface area contributed by atoms with Crippen molar-refractivity contribution in [2.75, 3.05) is 6.61 Å². The third-order valence-electron chi connectivity index (χ3n) is 0. The van der Waals surface area contributed by atoms with Gasteiger partial charge >= 0.3 is 88.5 Å². The molecule has 0 aliphatic heterocycles. The van der Waals surface area contributed by atoms with Crippen LogP contribution in [0.1, 0.15) is 6.92 Å². The average molecular weight is 235 g/mol. The maximum Gasteiger partial charge on any atom is 1.00 e. The minimum atomic E-state index is -5.75. The minimum absolute atomic E-state index is 0. The smallest absolute Gasteiger partial charge is 1.00 e. The van der Waals surface area contributed by atoms with Crippen LogP contribution in [0.4, 0.5) is 0 Å². The van der Waals surface area contributed by atoms with E-state index in [2.05, 4.69) is 0 Å². The molecular weight excluding hydrogens is 229 g/mol. The van der Waals surface area contributed by atoms with Gasteiger partial charge in [0.05, 0.1) is 0 Å². The molecule has 0 saturated heterocycles. The van der Waals surface area contributed by atoms with Crippen molar-refractivity contribution in [3.05, 3.63) is 0 Å². The summed E-state index contributed by atoms with van der Waals surface area (Å²) < 4.78 is 34.4. The summed E-state index contributed by atoms with van der Waals surface area (Å²) in [7, 11) is 0. The maximum absolute atomic E-state index is 8.59. The molecule has 0 saturated carbocycles. The van der Waals surface area contributed by atoms with Crippen LogP contribution in [0.5, 0.6) is 0 Å². The Morgan fingerprint density at radius 1 is 1.30 bits per heavy atom. The van der Waals surface area contributed by atoms with Crippen molar-refractivity contribution in [2.45, 2.75) is 6.92 Å². The van der Waals surface area contributed by atoms with Crippen LogP contribution >= 0.6 is 0 Å². The van der Waals surface area contributed by atoms with E-state index in [0.29, 0.717) is 0 Å². The van der Waals surface area contributed by atoms with Crippen molar-refractivity contribution >= 4 is 13.4 Å². The second-order valence-electron chi connectivity index (χ2n) is 0.724. The Morgan fingerprint density at radius 3 is 1.30 bits per heavy atom. The van der Waals surface area contributed by atoms with E-state index in [0.717, 1.165) is 0 Å². The van der Waals surface area contributed by atoms with E-state index in [-0.39, 0.29) is 65.7 Å². The van der Waals surface area contributed by atoms with Gasteiger partial charge in [0.15, 0.2) is 0 Å². The van der Waals surface area contributed by atoms with E-state index in [9.17, 15) is 0 Å². The van der Waals surface area contributed by atoms with Crippen molar-refractivity contribution in [1.29, 1.82) is 0 Å². The molecule has 0 aliphatic rings. The first kappa shape index (κ1) is 22.7. The molecule has 0 amide bonds. The van der Waals surface area contributed by atoms with Crippen LogP contribution in [0.25, 0.3) is 0 Å². The number of rotatable bonds is 0. The summed E-state index contributed by atoms with van der Waals surface area (Å²) in [5, 5.41) is 7.57. The van der Waals surface area contributed by atoms with Gasteiger partial charge in [0.25, 0.3) is 0 Å². The molecule has 0 radical (unpaired) electrons. The van der Waals surface area contributed by atoms with Gasteiger partial charge in [-0.3, -0.25) is 0 Å². The Morgan fingerprint density at radius 2 is 1.30 bits per heavy atom. The van der Waals surface area contributed by atoms with Gasteiger partial charge in [-0.1, -0.05) is 0 Å². The second kappa shape index (κ2) is 13.6. The Hall–Kier alpha value is 2.00. The molecule has 1 N–H and O–H groups in total. The number of aliphatic hydroxyl groups is 1. The second-order valence-corrected chi connectivity index (χ2v) is 2.44. The first-order valence-corrected chi connectivity index (χ1v) is 4.49. The summed E-state index contributed by atoms with van der Waals surface area (Å²) >= 11 is -5.75. The fourth-order valence-electron chi connectivity index (χ4n) is 0. The van der Waals surface area contributed by atoms with E-state index in [1.165, 1.54) is 0 Å². The monoisotopic (exact) mass is 236 g/mol. The van der Waals surface area contributed by atoms with Crippen LogP contribution in [0.3, 0.4) is 0 Å². The van der Waals surface area contributed by atoms with Gasteiger partial charge in [-0.2, -0.15) is 0 Å². The molecule has 0 fully saturated rings. The molecule has 0 aromatic rings. The number of hydrogen-bond acceptors (Lipinski definition) is 5. The Balaban J connectivity index is -0.0000000326. The molecule has 0 aromatic carbocycles. The quantitative estimate of drug-likeness (QED) is 0.420. The summed E-state index contributed by atoms with van der Waals surface area (Å²) in [6, 6.07) is 0. The van der Waals surface area contributed by atoms with Crippen LogP contribution < -0.4 is 67.5 Å². The van der Waals surface area contributed by atoms with Crippen molar-refractivity contribution in [1.82, 2.24) is 0 Å².